The third-order valence-corrected chi connectivity index (χ3v) is 2.93. The Kier molecular flexibility index (Phi) is 4.74. The van der Waals surface area contributed by atoms with Crippen molar-refractivity contribution < 1.29 is 0 Å². The highest BCUT2D eigenvalue weighted by molar-refractivity contribution is 7.80. The first-order chi connectivity index (χ1) is 7.54. The third-order valence-electron chi connectivity index (χ3n) is 2.71. The van der Waals surface area contributed by atoms with E-state index in [2.05, 4.69) is 56.5 Å². The summed E-state index contributed by atoms with van der Waals surface area (Å²) in [4.78, 5) is 0. The zero-order valence-electron chi connectivity index (χ0n) is 10.4. The second-order valence-corrected chi connectivity index (χ2v) is 4.58. The summed E-state index contributed by atoms with van der Waals surface area (Å²) < 4.78 is 0. The van der Waals surface area contributed by atoms with Gasteiger partial charge in [0.25, 0.3) is 0 Å². The molecule has 16 heavy (non-hydrogen) atoms. The molecule has 0 aliphatic heterocycles. The number of anilines is 1. The minimum Gasteiger partial charge on any atom is -0.360 e. The fourth-order valence-electron chi connectivity index (χ4n) is 1.49. The monoisotopic (exact) mass is 236 g/mol. The fourth-order valence-corrected chi connectivity index (χ4v) is 1.79. The quantitative estimate of drug-likeness (QED) is 0.787. The molecule has 0 aromatic heterocycles. The van der Waals surface area contributed by atoms with Gasteiger partial charge in [-0.15, -0.1) is 0 Å². The summed E-state index contributed by atoms with van der Waals surface area (Å²) in [5, 5.41) is 7.22. The Morgan fingerprint density at radius 2 is 1.88 bits per heavy atom. The van der Waals surface area contributed by atoms with E-state index in [1.165, 1.54) is 11.1 Å². The Bertz CT molecular complexity index is 354. The lowest BCUT2D eigenvalue weighted by atomic mass is 10.1. The summed E-state index contributed by atoms with van der Waals surface area (Å²) in [6.45, 7) is 8.43. The van der Waals surface area contributed by atoms with Crippen molar-refractivity contribution in [2.45, 2.75) is 40.2 Å². The molecule has 2 nitrogen and oxygen atoms in total. The highest BCUT2D eigenvalue weighted by Crippen LogP contribution is 2.19. The maximum Gasteiger partial charge on any atom is 0.170 e. The van der Waals surface area contributed by atoms with E-state index in [4.69, 9.17) is 12.2 Å². The van der Waals surface area contributed by atoms with Gasteiger partial charge in [-0.05, 0) is 50.5 Å². The third kappa shape index (κ3) is 3.49. The number of nitrogens with one attached hydrogen (secondary N) is 2. The molecule has 0 saturated heterocycles. The van der Waals surface area contributed by atoms with Crippen molar-refractivity contribution >= 4 is 23.0 Å². The van der Waals surface area contributed by atoms with Gasteiger partial charge >= 0.3 is 0 Å². The van der Waals surface area contributed by atoms with Crippen LogP contribution in [0.15, 0.2) is 18.2 Å². The Morgan fingerprint density at radius 3 is 2.38 bits per heavy atom. The predicted molar refractivity (Wildman–Crippen MR) is 75.0 cm³/mol. The van der Waals surface area contributed by atoms with Crippen molar-refractivity contribution in [1.29, 1.82) is 0 Å². The molecule has 0 unspecified atom stereocenters. The van der Waals surface area contributed by atoms with Crippen molar-refractivity contribution in [2.75, 3.05) is 5.32 Å². The number of para-hydroxylation sites is 1. The van der Waals surface area contributed by atoms with Crippen molar-refractivity contribution in [1.82, 2.24) is 5.32 Å². The minimum absolute atomic E-state index is 0.407. The number of aryl methyl sites for hydroxylation is 2. The van der Waals surface area contributed by atoms with Gasteiger partial charge in [-0.25, -0.2) is 0 Å². The molecule has 1 rings (SSSR count). The molecule has 1 atom stereocenters. The standard InChI is InChI=1S/C13H20N2S/c1-5-11(4)14-13(16)15-12-9(2)7-6-8-10(12)3/h6-8,11H,5H2,1-4H3,(H2,14,15,16)/t11-/m0/s1. The maximum absolute atomic E-state index is 5.28. The number of benzene rings is 1. The molecule has 0 spiro atoms. The van der Waals surface area contributed by atoms with Crippen LogP contribution in [0.2, 0.25) is 0 Å². The normalized spacial score (nSPS) is 12.0. The van der Waals surface area contributed by atoms with Crippen LogP contribution in [0, 0.1) is 13.8 Å². The van der Waals surface area contributed by atoms with E-state index in [0.717, 1.165) is 12.1 Å². The van der Waals surface area contributed by atoms with Gasteiger partial charge in [-0.3, -0.25) is 0 Å². The highest BCUT2D eigenvalue weighted by Gasteiger charge is 2.05. The van der Waals surface area contributed by atoms with Gasteiger partial charge in [0.2, 0.25) is 0 Å². The van der Waals surface area contributed by atoms with Crippen LogP contribution in [-0.4, -0.2) is 11.2 Å². The lowest BCUT2D eigenvalue weighted by Gasteiger charge is -2.17. The highest BCUT2D eigenvalue weighted by atomic mass is 32.1. The second kappa shape index (κ2) is 5.85. The molecule has 0 saturated carbocycles. The van der Waals surface area contributed by atoms with E-state index in [-0.39, 0.29) is 0 Å². The molecule has 0 aliphatic carbocycles. The minimum atomic E-state index is 0.407. The van der Waals surface area contributed by atoms with E-state index in [1.807, 2.05) is 0 Å². The lowest BCUT2D eigenvalue weighted by molar-refractivity contribution is 0.646. The molecular formula is C13H20N2S. The molecule has 0 fully saturated rings. The SMILES string of the molecule is CC[C@H](C)NC(=S)Nc1c(C)cccc1C. The number of hydrogen-bond donors (Lipinski definition) is 2. The molecule has 0 bridgehead atoms. The van der Waals surface area contributed by atoms with Crippen LogP contribution in [0.3, 0.4) is 0 Å². The zero-order chi connectivity index (χ0) is 12.1. The van der Waals surface area contributed by atoms with E-state index in [9.17, 15) is 0 Å². The van der Waals surface area contributed by atoms with Gasteiger partial charge in [0.1, 0.15) is 0 Å². The molecule has 0 radical (unpaired) electrons. The molecular weight excluding hydrogens is 216 g/mol. The first kappa shape index (κ1) is 13.0. The summed E-state index contributed by atoms with van der Waals surface area (Å²) in [7, 11) is 0. The van der Waals surface area contributed by atoms with Gasteiger partial charge in [0.05, 0.1) is 0 Å². The van der Waals surface area contributed by atoms with Crippen LogP contribution in [0.5, 0.6) is 0 Å². The van der Waals surface area contributed by atoms with E-state index in [0.29, 0.717) is 11.2 Å². The van der Waals surface area contributed by atoms with E-state index in [1.54, 1.807) is 0 Å². The summed E-state index contributed by atoms with van der Waals surface area (Å²) in [5.41, 5.74) is 3.55. The van der Waals surface area contributed by atoms with Crippen LogP contribution < -0.4 is 10.6 Å². The van der Waals surface area contributed by atoms with E-state index < -0.39 is 0 Å². The largest absolute Gasteiger partial charge is 0.360 e. The van der Waals surface area contributed by atoms with Crippen LogP contribution in [0.4, 0.5) is 5.69 Å². The van der Waals surface area contributed by atoms with Gasteiger partial charge in [0.15, 0.2) is 5.11 Å². The Morgan fingerprint density at radius 1 is 1.31 bits per heavy atom. The molecule has 88 valence electrons. The Hall–Kier alpha value is -1.09. The molecule has 0 amide bonds. The van der Waals surface area contributed by atoms with Crippen molar-refractivity contribution in [3.05, 3.63) is 29.3 Å². The van der Waals surface area contributed by atoms with Crippen LogP contribution in [-0.2, 0) is 0 Å². The molecule has 2 N–H and O–H groups in total. The summed E-state index contributed by atoms with van der Waals surface area (Å²) >= 11 is 5.28. The molecule has 1 aromatic rings. The number of thiocarbonyl (C=S) groups is 1. The van der Waals surface area contributed by atoms with Gasteiger partial charge in [0, 0.05) is 11.7 Å². The summed E-state index contributed by atoms with van der Waals surface area (Å²) in [6, 6.07) is 6.63. The lowest BCUT2D eigenvalue weighted by Crippen LogP contribution is -2.35. The maximum atomic E-state index is 5.28. The van der Waals surface area contributed by atoms with Gasteiger partial charge < -0.3 is 10.6 Å². The van der Waals surface area contributed by atoms with Gasteiger partial charge in [-0.2, -0.15) is 0 Å². The van der Waals surface area contributed by atoms with Crippen molar-refractivity contribution in [3.8, 4) is 0 Å². The van der Waals surface area contributed by atoms with Crippen LogP contribution in [0.25, 0.3) is 0 Å². The number of hydrogen-bond acceptors (Lipinski definition) is 1. The molecule has 1 aromatic carbocycles. The average molecular weight is 236 g/mol. The Labute approximate surface area is 103 Å². The van der Waals surface area contributed by atoms with E-state index >= 15 is 0 Å². The zero-order valence-corrected chi connectivity index (χ0v) is 11.2. The van der Waals surface area contributed by atoms with Crippen molar-refractivity contribution in [2.24, 2.45) is 0 Å². The molecule has 3 heteroatoms. The van der Waals surface area contributed by atoms with Crippen LogP contribution in [0.1, 0.15) is 31.4 Å². The first-order valence-electron chi connectivity index (χ1n) is 5.68. The topological polar surface area (TPSA) is 24.1 Å². The first-order valence-corrected chi connectivity index (χ1v) is 6.09. The number of rotatable bonds is 3. The predicted octanol–water partition coefficient (Wildman–Crippen LogP) is 3.39. The second-order valence-electron chi connectivity index (χ2n) is 4.17. The van der Waals surface area contributed by atoms with Crippen LogP contribution >= 0.6 is 12.2 Å². The molecule has 0 heterocycles. The smallest absolute Gasteiger partial charge is 0.170 e. The summed E-state index contributed by atoms with van der Waals surface area (Å²) in [6.07, 6.45) is 1.06. The van der Waals surface area contributed by atoms with Gasteiger partial charge in [-0.1, -0.05) is 25.1 Å². The Balaban J connectivity index is 2.70. The summed E-state index contributed by atoms with van der Waals surface area (Å²) in [5.74, 6) is 0. The average Bonchev–Trinajstić information content (AvgIpc) is 2.23. The molecule has 0 aliphatic rings. The fraction of sp³-hybridized carbons (Fsp3) is 0.462. The van der Waals surface area contributed by atoms with Crippen molar-refractivity contribution in [3.63, 3.8) is 0 Å².